The second-order valence-electron chi connectivity index (χ2n) is 4.25. The molecule has 1 nitrogen and oxygen atoms in total. The molecule has 0 aliphatic rings. The lowest BCUT2D eigenvalue weighted by molar-refractivity contribution is -0.117. The number of carbonyl (C=O) groups is 1. The molecule has 0 bridgehead atoms. The molecule has 1 rings (SSSR count). The zero-order chi connectivity index (χ0) is 12.5. The number of rotatable bonds is 3. The van der Waals surface area contributed by atoms with Crippen molar-refractivity contribution >= 4 is 16.8 Å². The summed E-state index contributed by atoms with van der Waals surface area (Å²) in [6.07, 6.45) is 0. The van der Waals surface area contributed by atoms with Gasteiger partial charge in [0, 0.05) is 5.56 Å². The minimum atomic E-state index is -1.21. The highest BCUT2D eigenvalue weighted by Gasteiger charge is 2.39. The van der Waals surface area contributed by atoms with E-state index in [4.69, 9.17) is 11.6 Å². The molecular weight excluding hydrogens is 234 g/mol. The Labute approximate surface area is 98.4 Å². The van der Waals surface area contributed by atoms with Gasteiger partial charge in [0.05, 0.1) is 5.41 Å². The van der Waals surface area contributed by atoms with Crippen molar-refractivity contribution in [3.63, 3.8) is 0 Å². The van der Waals surface area contributed by atoms with Crippen molar-refractivity contribution in [3.05, 3.63) is 35.4 Å². The quantitative estimate of drug-likeness (QED) is 0.744. The van der Waals surface area contributed by atoms with E-state index in [0.717, 1.165) is 18.2 Å². The van der Waals surface area contributed by atoms with Crippen molar-refractivity contribution in [1.29, 1.82) is 0 Å². The highest BCUT2D eigenvalue weighted by molar-refractivity contribution is 6.65. The Morgan fingerprint density at radius 2 is 1.94 bits per heavy atom. The van der Waals surface area contributed by atoms with Gasteiger partial charge in [-0.25, -0.2) is 8.78 Å². The van der Waals surface area contributed by atoms with Crippen LogP contribution < -0.4 is 0 Å². The van der Waals surface area contributed by atoms with Crippen LogP contribution in [0.4, 0.5) is 8.78 Å². The van der Waals surface area contributed by atoms with Crippen LogP contribution in [0.5, 0.6) is 0 Å². The Morgan fingerprint density at radius 3 is 2.38 bits per heavy atom. The summed E-state index contributed by atoms with van der Waals surface area (Å²) in [5.41, 5.74) is -1.21. The van der Waals surface area contributed by atoms with Crippen LogP contribution >= 0.6 is 11.6 Å². The highest BCUT2D eigenvalue weighted by atomic mass is 35.5. The lowest BCUT2D eigenvalue weighted by Crippen LogP contribution is -2.36. The normalized spacial score (nSPS) is 14.9. The summed E-state index contributed by atoms with van der Waals surface area (Å²) >= 11 is 5.51. The van der Waals surface area contributed by atoms with Crippen LogP contribution in [0.3, 0.4) is 0 Å². The van der Waals surface area contributed by atoms with Gasteiger partial charge >= 0.3 is 0 Å². The van der Waals surface area contributed by atoms with Gasteiger partial charge in [0.2, 0.25) is 5.24 Å². The molecule has 0 N–H and O–H groups in total. The fraction of sp³-hybridized carbons (Fsp3) is 0.417. The molecule has 1 atom stereocenters. The third-order valence-corrected chi connectivity index (χ3v) is 3.44. The first kappa shape index (κ1) is 13.1. The minimum absolute atomic E-state index is 0.00231. The summed E-state index contributed by atoms with van der Waals surface area (Å²) < 4.78 is 26.7. The van der Waals surface area contributed by atoms with Crippen molar-refractivity contribution in [2.24, 2.45) is 5.92 Å². The van der Waals surface area contributed by atoms with Crippen LogP contribution in [0.15, 0.2) is 18.2 Å². The first-order chi connectivity index (χ1) is 7.30. The monoisotopic (exact) mass is 246 g/mol. The van der Waals surface area contributed by atoms with E-state index in [1.165, 1.54) is 6.92 Å². The average molecular weight is 247 g/mol. The maximum atomic E-state index is 13.6. The summed E-state index contributed by atoms with van der Waals surface area (Å²) in [4.78, 5) is 11.4. The summed E-state index contributed by atoms with van der Waals surface area (Å²) in [5, 5.41) is -0.688. The van der Waals surface area contributed by atoms with E-state index in [-0.39, 0.29) is 11.5 Å². The third-order valence-electron chi connectivity index (χ3n) is 3.05. The van der Waals surface area contributed by atoms with Crippen LogP contribution in [0.25, 0.3) is 0 Å². The van der Waals surface area contributed by atoms with E-state index >= 15 is 0 Å². The van der Waals surface area contributed by atoms with Crippen LogP contribution in [0.2, 0.25) is 0 Å². The number of hydrogen-bond acceptors (Lipinski definition) is 1. The Bertz CT molecular complexity index is 417. The first-order valence-electron chi connectivity index (χ1n) is 4.95. The van der Waals surface area contributed by atoms with Gasteiger partial charge in [-0.3, -0.25) is 4.79 Å². The summed E-state index contributed by atoms with van der Waals surface area (Å²) in [6, 6.07) is 3.04. The number of halogens is 3. The predicted molar refractivity (Wildman–Crippen MR) is 59.4 cm³/mol. The zero-order valence-corrected chi connectivity index (χ0v) is 10.1. The topological polar surface area (TPSA) is 17.1 Å². The fourth-order valence-electron chi connectivity index (χ4n) is 1.54. The molecule has 0 aromatic heterocycles. The van der Waals surface area contributed by atoms with Crippen LogP contribution in [-0.2, 0) is 10.2 Å². The van der Waals surface area contributed by atoms with Gasteiger partial charge in [0.15, 0.2) is 0 Å². The Kier molecular flexibility index (Phi) is 3.68. The van der Waals surface area contributed by atoms with Gasteiger partial charge in [0.1, 0.15) is 11.6 Å². The fourth-order valence-corrected chi connectivity index (χ4v) is 1.86. The largest absolute Gasteiger partial charge is 0.280 e. The van der Waals surface area contributed by atoms with Gasteiger partial charge in [0.25, 0.3) is 0 Å². The standard InChI is InChI=1S/C12H13ClF2O/c1-7(2)12(3,11(13)16)9-6-8(14)4-5-10(9)15/h4-7H,1-3H3. The van der Waals surface area contributed by atoms with Crippen LogP contribution in [0, 0.1) is 17.6 Å². The first-order valence-corrected chi connectivity index (χ1v) is 5.33. The lowest BCUT2D eigenvalue weighted by Gasteiger charge is -2.30. The van der Waals surface area contributed by atoms with Gasteiger partial charge < -0.3 is 0 Å². The average Bonchev–Trinajstić information content (AvgIpc) is 2.19. The van der Waals surface area contributed by atoms with Gasteiger partial charge in [-0.1, -0.05) is 13.8 Å². The molecule has 1 aromatic rings. The molecule has 0 amide bonds. The molecule has 0 saturated heterocycles. The molecule has 1 unspecified atom stereocenters. The van der Waals surface area contributed by atoms with Crippen molar-refractivity contribution in [2.45, 2.75) is 26.2 Å². The minimum Gasteiger partial charge on any atom is -0.280 e. The smallest absolute Gasteiger partial charge is 0.232 e. The summed E-state index contributed by atoms with van der Waals surface area (Å²) in [5.74, 6) is -1.43. The number of benzene rings is 1. The molecule has 0 spiro atoms. The second-order valence-corrected chi connectivity index (χ2v) is 4.60. The molecule has 0 aliphatic heterocycles. The van der Waals surface area contributed by atoms with E-state index in [1.807, 2.05) is 0 Å². The predicted octanol–water partition coefficient (Wildman–Crippen LogP) is 3.64. The Hall–Kier alpha value is -0.960. The van der Waals surface area contributed by atoms with Crippen molar-refractivity contribution in [2.75, 3.05) is 0 Å². The summed E-state index contributed by atoms with van der Waals surface area (Å²) in [7, 11) is 0. The SMILES string of the molecule is CC(C)C(C)(C(=O)Cl)c1cc(F)ccc1F. The number of hydrogen-bond donors (Lipinski definition) is 0. The zero-order valence-electron chi connectivity index (χ0n) is 9.35. The molecule has 16 heavy (non-hydrogen) atoms. The third kappa shape index (κ3) is 2.09. The molecule has 0 saturated carbocycles. The molecule has 0 radical (unpaired) electrons. The Balaban J connectivity index is 3.43. The van der Waals surface area contributed by atoms with Crippen LogP contribution in [-0.4, -0.2) is 5.24 Å². The Morgan fingerprint density at radius 1 is 1.38 bits per heavy atom. The van der Waals surface area contributed by atoms with Crippen LogP contribution in [0.1, 0.15) is 26.3 Å². The van der Waals surface area contributed by atoms with Crippen molar-refractivity contribution in [3.8, 4) is 0 Å². The van der Waals surface area contributed by atoms with E-state index in [0.29, 0.717) is 0 Å². The van der Waals surface area contributed by atoms with E-state index in [1.54, 1.807) is 13.8 Å². The molecule has 4 heteroatoms. The molecule has 0 heterocycles. The van der Waals surface area contributed by atoms with Gasteiger partial charge in [-0.2, -0.15) is 0 Å². The van der Waals surface area contributed by atoms with E-state index in [9.17, 15) is 13.6 Å². The van der Waals surface area contributed by atoms with Gasteiger partial charge in [-0.05, 0) is 42.6 Å². The van der Waals surface area contributed by atoms with Crippen molar-refractivity contribution < 1.29 is 13.6 Å². The van der Waals surface area contributed by atoms with Crippen molar-refractivity contribution in [1.82, 2.24) is 0 Å². The van der Waals surface area contributed by atoms with E-state index in [2.05, 4.69) is 0 Å². The number of carbonyl (C=O) groups excluding carboxylic acids is 1. The lowest BCUT2D eigenvalue weighted by atomic mass is 9.74. The van der Waals surface area contributed by atoms with Gasteiger partial charge in [-0.15, -0.1) is 0 Å². The molecular formula is C12H13ClF2O. The molecule has 1 aromatic carbocycles. The maximum absolute atomic E-state index is 13.6. The van der Waals surface area contributed by atoms with E-state index < -0.39 is 22.3 Å². The second kappa shape index (κ2) is 4.50. The highest BCUT2D eigenvalue weighted by Crippen LogP contribution is 2.36. The maximum Gasteiger partial charge on any atom is 0.232 e. The summed E-state index contributed by atoms with van der Waals surface area (Å²) in [6.45, 7) is 5.00. The molecule has 0 fully saturated rings. The molecule has 88 valence electrons. The molecule has 0 aliphatic carbocycles.